The quantitative estimate of drug-likeness (QED) is 0.447. The third-order valence-electron chi connectivity index (χ3n) is 3.31. The molecule has 0 spiro atoms. The summed E-state index contributed by atoms with van der Waals surface area (Å²) in [4.78, 5) is 25.2. The Morgan fingerprint density at radius 3 is 2.33 bits per heavy atom. The van der Waals surface area contributed by atoms with Gasteiger partial charge in [0.25, 0.3) is 0 Å². The van der Waals surface area contributed by atoms with Crippen molar-refractivity contribution in [2.24, 2.45) is 5.73 Å². The van der Waals surface area contributed by atoms with Crippen LogP contribution in [0.5, 0.6) is 0 Å². The van der Waals surface area contributed by atoms with E-state index in [-0.39, 0.29) is 17.6 Å². The Kier molecular flexibility index (Phi) is 6.04. The first-order valence-electron chi connectivity index (χ1n) is 6.35. The number of nitrogens with two attached hydrogens (primary N) is 1. The fourth-order valence-electron chi connectivity index (χ4n) is 2.21. The molecular formula is C12H21N3O2S. The van der Waals surface area contributed by atoms with Crippen molar-refractivity contribution in [3.63, 3.8) is 0 Å². The van der Waals surface area contributed by atoms with Gasteiger partial charge in [0.15, 0.2) is 0 Å². The second kappa shape index (κ2) is 7.31. The van der Waals surface area contributed by atoms with Crippen LogP contribution in [0.3, 0.4) is 0 Å². The number of rotatable bonds is 3. The van der Waals surface area contributed by atoms with Crippen LogP contribution in [0.2, 0.25) is 0 Å². The zero-order valence-electron chi connectivity index (χ0n) is 10.8. The molecule has 0 bridgehead atoms. The molecule has 0 aliphatic heterocycles. The minimum Gasteiger partial charge on any atom is -0.392 e. The lowest BCUT2D eigenvalue weighted by atomic mass is 10.1. The van der Waals surface area contributed by atoms with Crippen LogP contribution in [0.25, 0.3) is 0 Å². The summed E-state index contributed by atoms with van der Waals surface area (Å²) in [6.45, 7) is 0.0679. The van der Waals surface area contributed by atoms with Crippen molar-refractivity contribution in [3.8, 4) is 0 Å². The van der Waals surface area contributed by atoms with E-state index in [0.717, 1.165) is 25.7 Å². The minimum absolute atomic E-state index is 0.0679. The summed E-state index contributed by atoms with van der Waals surface area (Å²) < 4.78 is 0. The molecule has 0 aromatic rings. The first-order valence-corrected chi connectivity index (χ1v) is 6.76. The fourth-order valence-corrected chi connectivity index (χ4v) is 2.29. The molecule has 3 N–H and O–H groups in total. The molecule has 0 unspecified atom stereocenters. The molecule has 2 amide bonds. The largest absolute Gasteiger partial charge is 0.392 e. The van der Waals surface area contributed by atoms with Gasteiger partial charge in [-0.1, -0.05) is 37.9 Å². The van der Waals surface area contributed by atoms with E-state index in [1.54, 1.807) is 11.9 Å². The molecule has 6 heteroatoms. The summed E-state index contributed by atoms with van der Waals surface area (Å²) in [5.41, 5.74) is 5.27. The van der Waals surface area contributed by atoms with Crippen molar-refractivity contribution in [2.45, 2.75) is 44.6 Å². The van der Waals surface area contributed by atoms with E-state index in [0.29, 0.717) is 0 Å². The van der Waals surface area contributed by atoms with Crippen LogP contribution in [-0.4, -0.2) is 41.3 Å². The van der Waals surface area contributed by atoms with Gasteiger partial charge in [-0.05, 0) is 12.8 Å². The van der Waals surface area contributed by atoms with Crippen LogP contribution < -0.4 is 11.1 Å². The van der Waals surface area contributed by atoms with Gasteiger partial charge in [0, 0.05) is 13.1 Å². The summed E-state index contributed by atoms with van der Waals surface area (Å²) in [6.07, 6.45) is 6.63. The minimum atomic E-state index is -0.630. The molecule has 1 aliphatic carbocycles. The van der Waals surface area contributed by atoms with Crippen LogP contribution >= 0.6 is 12.2 Å². The van der Waals surface area contributed by atoms with Crippen molar-refractivity contribution in [3.05, 3.63) is 0 Å². The molecule has 102 valence electrons. The molecule has 0 heterocycles. The molecule has 1 saturated carbocycles. The summed E-state index contributed by atoms with van der Waals surface area (Å²) in [5.74, 6) is -1.13. The highest BCUT2D eigenvalue weighted by Crippen LogP contribution is 2.20. The molecular weight excluding hydrogens is 250 g/mol. The molecule has 0 saturated heterocycles. The smallest absolute Gasteiger partial charge is 0.311 e. The van der Waals surface area contributed by atoms with Crippen molar-refractivity contribution in [1.29, 1.82) is 0 Å². The monoisotopic (exact) mass is 271 g/mol. The lowest BCUT2D eigenvalue weighted by Gasteiger charge is -2.26. The average Bonchev–Trinajstić information content (AvgIpc) is 2.62. The molecule has 0 aromatic heterocycles. The van der Waals surface area contributed by atoms with Crippen LogP contribution in [0.1, 0.15) is 38.5 Å². The third kappa shape index (κ3) is 4.60. The highest BCUT2D eigenvalue weighted by atomic mass is 32.1. The average molecular weight is 271 g/mol. The number of thiocarbonyl (C=S) groups is 1. The maximum atomic E-state index is 11.9. The predicted octanol–water partition coefficient (Wildman–Crippen LogP) is 0.570. The number of nitrogens with one attached hydrogen (secondary N) is 1. The fraction of sp³-hybridized carbons (Fsp3) is 0.750. The number of carbonyl (C=O) groups excluding carboxylic acids is 2. The highest BCUT2D eigenvalue weighted by molar-refractivity contribution is 7.80. The van der Waals surface area contributed by atoms with Crippen LogP contribution in [0, 0.1) is 0 Å². The molecule has 18 heavy (non-hydrogen) atoms. The van der Waals surface area contributed by atoms with Crippen LogP contribution in [0.15, 0.2) is 0 Å². The van der Waals surface area contributed by atoms with E-state index >= 15 is 0 Å². The Hall–Kier alpha value is -1.17. The number of likely N-dealkylation sites (N-methyl/N-ethyl adjacent to an activating group) is 1. The molecule has 0 atom stereocenters. The normalized spacial score (nSPS) is 16.7. The van der Waals surface area contributed by atoms with Crippen molar-refractivity contribution >= 4 is 29.0 Å². The Balaban J connectivity index is 2.48. The SMILES string of the molecule is CN(C(=O)C(=O)NCC(N)=S)C1CCCCCC1. The summed E-state index contributed by atoms with van der Waals surface area (Å²) in [6, 6.07) is 0.176. The number of carbonyl (C=O) groups is 2. The number of amides is 2. The molecule has 1 fully saturated rings. The molecule has 0 aromatic carbocycles. The van der Waals surface area contributed by atoms with Crippen LogP contribution in [0.4, 0.5) is 0 Å². The lowest BCUT2D eigenvalue weighted by molar-refractivity contribution is -0.146. The van der Waals surface area contributed by atoms with Gasteiger partial charge in [0.05, 0.1) is 11.5 Å². The Bertz CT molecular complexity index is 325. The Morgan fingerprint density at radius 2 is 1.83 bits per heavy atom. The number of hydrogen-bond acceptors (Lipinski definition) is 3. The van der Waals surface area contributed by atoms with E-state index in [1.807, 2.05) is 0 Å². The first-order chi connectivity index (χ1) is 8.52. The molecule has 5 nitrogen and oxygen atoms in total. The van der Waals surface area contributed by atoms with Gasteiger partial charge in [0.1, 0.15) is 0 Å². The van der Waals surface area contributed by atoms with Crippen molar-refractivity contribution < 1.29 is 9.59 Å². The topological polar surface area (TPSA) is 75.4 Å². The summed E-state index contributed by atoms with van der Waals surface area (Å²) in [5, 5.41) is 2.42. The van der Waals surface area contributed by atoms with E-state index in [1.165, 1.54) is 12.8 Å². The van der Waals surface area contributed by atoms with Gasteiger partial charge in [-0.15, -0.1) is 0 Å². The second-order valence-electron chi connectivity index (χ2n) is 4.71. The number of hydrogen-bond donors (Lipinski definition) is 2. The lowest BCUT2D eigenvalue weighted by Crippen LogP contribution is -2.47. The van der Waals surface area contributed by atoms with Gasteiger partial charge >= 0.3 is 11.8 Å². The Labute approximate surface area is 113 Å². The summed E-state index contributed by atoms with van der Waals surface area (Å²) >= 11 is 4.65. The van der Waals surface area contributed by atoms with Gasteiger partial charge < -0.3 is 16.0 Å². The van der Waals surface area contributed by atoms with Gasteiger partial charge in [-0.2, -0.15) is 0 Å². The zero-order valence-corrected chi connectivity index (χ0v) is 11.6. The second-order valence-corrected chi connectivity index (χ2v) is 5.23. The zero-order chi connectivity index (χ0) is 13.5. The maximum Gasteiger partial charge on any atom is 0.311 e. The van der Waals surface area contributed by atoms with Gasteiger partial charge in [0.2, 0.25) is 0 Å². The van der Waals surface area contributed by atoms with Gasteiger partial charge in [-0.25, -0.2) is 0 Å². The van der Waals surface area contributed by atoms with E-state index < -0.39 is 11.8 Å². The van der Waals surface area contributed by atoms with Gasteiger partial charge in [-0.3, -0.25) is 9.59 Å². The molecule has 1 rings (SSSR count). The highest BCUT2D eigenvalue weighted by Gasteiger charge is 2.25. The van der Waals surface area contributed by atoms with E-state index in [9.17, 15) is 9.59 Å². The standard InChI is InChI=1S/C12H21N3O2S/c1-15(9-6-4-2-3-5-7-9)12(17)11(16)14-8-10(13)18/h9H,2-8H2,1H3,(H2,13,18)(H,14,16). The maximum absolute atomic E-state index is 11.9. The number of nitrogens with zero attached hydrogens (tertiary/aromatic N) is 1. The van der Waals surface area contributed by atoms with Crippen LogP contribution in [-0.2, 0) is 9.59 Å². The third-order valence-corrected chi connectivity index (χ3v) is 3.45. The van der Waals surface area contributed by atoms with Crippen molar-refractivity contribution in [2.75, 3.05) is 13.6 Å². The van der Waals surface area contributed by atoms with Crippen molar-refractivity contribution in [1.82, 2.24) is 10.2 Å². The first kappa shape index (κ1) is 14.9. The predicted molar refractivity (Wildman–Crippen MR) is 74.1 cm³/mol. The summed E-state index contributed by atoms with van der Waals surface area (Å²) in [7, 11) is 1.69. The van der Waals surface area contributed by atoms with E-state index in [4.69, 9.17) is 5.73 Å². The molecule has 1 aliphatic rings. The van der Waals surface area contributed by atoms with E-state index in [2.05, 4.69) is 17.5 Å². The Morgan fingerprint density at radius 1 is 1.28 bits per heavy atom. The molecule has 0 radical (unpaired) electrons.